The fourth-order valence-corrected chi connectivity index (χ4v) is 5.55. The molecule has 210 valence electrons. The summed E-state index contributed by atoms with van der Waals surface area (Å²) in [5.41, 5.74) is 5.59. The van der Waals surface area contributed by atoms with E-state index in [1.807, 2.05) is 0 Å². The van der Waals surface area contributed by atoms with E-state index in [4.69, 9.17) is 5.73 Å². The van der Waals surface area contributed by atoms with Crippen LogP contribution >= 0.6 is 0 Å². The second-order valence-electron chi connectivity index (χ2n) is 11.3. The van der Waals surface area contributed by atoms with Crippen molar-refractivity contribution >= 4 is 5.91 Å². The number of amides is 1. The van der Waals surface area contributed by atoms with Gasteiger partial charge in [-0.3, -0.25) is 4.79 Å². The van der Waals surface area contributed by atoms with Gasteiger partial charge in [0.1, 0.15) is 0 Å². The van der Waals surface area contributed by atoms with E-state index in [1.165, 1.54) is 141 Å². The number of rotatable bonds is 29. The molecule has 2 atom stereocenters. The van der Waals surface area contributed by atoms with Gasteiger partial charge >= 0.3 is 0 Å². The maximum atomic E-state index is 11.7. The highest BCUT2D eigenvalue weighted by molar-refractivity contribution is 5.76. The van der Waals surface area contributed by atoms with Crippen molar-refractivity contribution < 1.29 is 9.90 Å². The summed E-state index contributed by atoms with van der Waals surface area (Å²) in [5, 5.41) is 9.55. The topological polar surface area (TPSA) is 63.3 Å². The summed E-state index contributed by atoms with van der Waals surface area (Å²) in [6.45, 7) is 4.48. The summed E-state index contributed by atoms with van der Waals surface area (Å²) in [6, 6.07) is 0. The molecule has 0 aromatic rings. The standard InChI is InChI=1S/C32H65NO2/c1-3-5-6-7-8-9-10-11-12-13-14-15-16-17-18-19-20-21-22-23-24-25-26-28-31(32(33)35)30(29-34)27-4-2/h30-31,34H,3-29H2,1-2H3,(H2,33,35). The van der Waals surface area contributed by atoms with Crippen LogP contribution in [0.5, 0.6) is 0 Å². The number of primary amides is 1. The highest BCUT2D eigenvalue weighted by atomic mass is 16.3. The lowest BCUT2D eigenvalue weighted by Crippen LogP contribution is -2.32. The summed E-state index contributed by atoms with van der Waals surface area (Å²) in [4.78, 5) is 11.7. The van der Waals surface area contributed by atoms with Crippen LogP contribution in [0.4, 0.5) is 0 Å². The number of unbranched alkanes of at least 4 members (excludes halogenated alkanes) is 22. The van der Waals surface area contributed by atoms with E-state index < -0.39 is 0 Å². The summed E-state index contributed by atoms with van der Waals surface area (Å²) >= 11 is 0. The first-order valence-corrected chi connectivity index (χ1v) is 16.1. The quantitative estimate of drug-likeness (QED) is 0.101. The highest BCUT2D eigenvalue weighted by Gasteiger charge is 2.24. The highest BCUT2D eigenvalue weighted by Crippen LogP contribution is 2.24. The Morgan fingerprint density at radius 1 is 0.514 bits per heavy atom. The second kappa shape index (κ2) is 28.0. The summed E-state index contributed by atoms with van der Waals surface area (Å²) < 4.78 is 0. The first-order valence-electron chi connectivity index (χ1n) is 16.1. The van der Waals surface area contributed by atoms with Gasteiger partial charge in [0.25, 0.3) is 0 Å². The van der Waals surface area contributed by atoms with Gasteiger partial charge in [0, 0.05) is 12.5 Å². The van der Waals surface area contributed by atoms with Gasteiger partial charge in [0.05, 0.1) is 0 Å². The summed E-state index contributed by atoms with van der Waals surface area (Å²) in [6.07, 6.45) is 34.8. The predicted octanol–water partition coefficient (Wildman–Crippen LogP) is 9.88. The largest absolute Gasteiger partial charge is 0.396 e. The van der Waals surface area contributed by atoms with Gasteiger partial charge < -0.3 is 10.8 Å². The fourth-order valence-electron chi connectivity index (χ4n) is 5.55. The third-order valence-electron chi connectivity index (χ3n) is 7.95. The van der Waals surface area contributed by atoms with E-state index >= 15 is 0 Å². The molecule has 0 aliphatic rings. The Labute approximate surface area is 220 Å². The van der Waals surface area contributed by atoms with E-state index in [0.717, 1.165) is 25.7 Å². The van der Waals surface area contributed by atoms with Crippen LogP contribution in [-0.4, -0.2) is 17.6 Å². The molecule has 0 aromatic heterocycles. The molecule has 0 saturated heterocycles. The number of hydrogen-bond acceptors (Lipinski definition) is 2. The summed E-state index contributed by atoms with van der Waals surface area (Å²) in [7, 11) is 0. The average Bonchev–Trinajstić information content (AvgIpc) is 2.85. The molecular weight excluding hydrogens is 430 g/mol. The Hall–Kier alpha value is -0.570. The van der Waals surface area contributed by atoms with E-state index in [0.29, 0.717) is 0 Å². The zero-order valence-electron chi connectivity index (χ0n) is 24.2. The first-order chi connectivity index (χ1) is 17.2. The van der Waals surface area contributed by atoms with Gasteiger partial charge in [-0.25, -0.2) is 0 Å². The molecule has 0 saturated carbocycles. The number of hydrogen-bond donors (Lipinski definition) is 2. The number of carbonyl (C=O) groups excluding carboxylic acids is 1. The van der Waals surface area contributed by atoms with Gasteiger partial charge in [0.15, 0.2) is 0 Å². The minimum Gasteiger partial charge on any atom is -0.396 e. The normalized spacial score (nSPS) is 13.2. The van der Waals surface area contributed by atoms with Gasteiger partial charge in [-0.15, -0.1) is 0 Å². The van der Waals surface area contributed by atoms with Crippen molar-refractivity contribution in [3.63, 3.8) is 0 Å². The monoisotopic (exact) mass is 496 g/mol. The number of carbonyl (C=O) groups is 1. The molecule has 1 amide bonds. The van der Waals surface area contributed by atoms with E-state index in [9.17, 15) is 9.90 Å². The van der Waals surface area contributed by atoms with Crippen LogP contribution < -0.4 is 5.73 Å². The second-order valence-corrected chi connectivity index (χ2v) is 11.3. The van der Waals surface area contributed by atoms with E-state index in [2.05, 4.69) is 13.8 Å². The van der Waals surface area contributed by atoms with Crippen LogP contribution in [0.3, 0.4) is 0 Å². The van der Waals surface area contributed by atoms with Gasteiger partial charge in [-0.1, -0.05) is 168 Å². The minimum absolute atomic E-state index is 0.0530. The molecule has 0 rings (SSSR count). The molecule has 3 heteroatoms. The van der Waals surface area contributed by atoms with Gasteiger partial charge in [0.2, 0.25) is 5.91 Å². The zero-order valence-corrected chi connectivity index (χ0v) is 24.2. The predicted molar refractivity (Wildman–Crippen MR) is 155 cm³/mol. The van der Waals surface area contributed by atoms with Crippen LogP contribution in [0.15, 0.2) is 0 Å². The van der Waals surface area contributed by atoms with Crippen molar-refractivity contribution in [2.24, 2.45) is 17.6 Å². The molecule has 0 bridgehead atoms. The lowest BCUT2D eigenvalue weighted by Gasteiger charge is -2.22. The summed E-state index contributed by atoms with van der Waals surface area (Å²) in [5.74, 6) is -0.316. The smallest absolute Gasteiger partial charge is 0.220 e. The molecular formula is C32H65NO2. The van der Waals surface area contributed by atoms with Crippen molar-refractivity contribution in [3.05, 3.63) is 0 Å². The van der Waals surface area contributed by atoms with Crippen molar-refractivity contribution in [1.29, 1.82) is 0 Å². The third-order valence-corrected chi connectivity index (χ3v) is 7.95. The Kier molecular flexibility index (Phi) is 27.6. The van der Waals surface area contributed by atoms with Crippen LogP contribution in [0, 0.1) is 11.8 Å². The SMILES string of the molecule is CCCCCCCCCCCCCCCCCCCCCCCCCC(C(N)=O)C(CO)CCC. The van der Waals surface area contributed by atoms with Crippen molar-refractivity contribution in [3.8, 4) is 0 Å². The molecule has 0 heterocycles. The van der Waals surface area contributed by atoms with Crippen molar-refractivity contribution in [2.75, 3.05) is 6.61 Å². The lowest BCUT2D eigenvalue weighted by molar-refractivity contribution is -0.124. The molecule has 0 aromatic carbocycles. The fraction of sp³-hybridized carbons (Fsp3) is 0.969. The Balaban J connectivity index is 3.30. The number of aliphatic hydroxyl groups is 1. The average molecular weight is 496 g/mol. The number of nitrogens with two attached hydrogens (primary N) is 1. The molecule has 3 N–H and O–H groups in total. The molecule has 0 aliphatic heterocycles. The van der Waals surface area contributed by atoms with Gasteiger partial charge in [-0.05, 0) is 18.8 Å². The van der Waals surface area contributed by atoms with Crippen LogP contribution in [-0.2, 0) is 4.79 Å². The minimum atomic E-state index is -0.226. The third kappa shape index (κ3) is 23.6. The molecule has 35 heavy (non-hydrogen) atoms. The van der Waals surface area contributed by atoms with E-state index in [-0.39, 0.29) is 24.3 Å². The molecule has 0 spiro atoms. The van der Waals surface area contributed by atoms with Crippen LogP contribution in [0.2, 0.25) is 0 Å². The first kappa shape index (κ1) is 34.4. The van der Waals surface area contributed by atoms with E-state index in [1.54, 1.807) is 0 Å². The number of aliphatic hydroxyl groups excluding tert-OH is 1. The molecule has 2 unspecified atom stereocenters. The molecule has 3 nitrogen and oxygen atoms in total. The zero-order chi connectivity index (χ0) is 25.8. The Morgan fingerprint density at radius 3 is 1.09 bits per heavy atom. The van der Waals surface area contributed by atoms with Crippen molar-refractivity contribution in [1.82, 2.24) is 0 Å². The van der Waals surface area contributed by atoms with Crippen LogP contribution in [0.1, 0.15) is 181 Å². The maximum absolute atomic E-state index is 11.7. The maximum Gasteiger partial charge on any atom is 0.220 e. The van der Waals surface area contributed by atoms with Crippen molar-refractivity contribution in [2.45, 2.75) is 181 Å². The molecule has 0 fully saturated rings. The Bertz CT molecular complexity index is 426. The lowest BCUT2D eigenvalue weighted by atomic mass is 9.84. The Morgan fingerprint density at radius 2 is 0.829 bits per heavy atom. The van der Waals surface area contributed by atoms with Crippen LogP contribution in [0.25, 0.3) is 0 Å². The molecule has 0 radical (unpaired) electrons. The van der Waals surface area contributed by atoms with Gasteiger partial charge in [-0.2, -0.15) is 0 Å². The molecule has 0 aliphatic carbocycles.